The summed E-state index contributed by atoms with van der Waals surface area (Å²) >= 11 is 0. The number of carbonyl (C=O) groups excluding carboxylic acids is 1. The number of aryl methyl sites for hydroxylation is 1. The Kier molecular flexibility index (Phi) is 5.32. The Labute approximate surface area is 118 Å². The highest BCUT2D eigenvalue weighted by Gasteiger charge is 2.07. The van der Waals surface area contributed by atoms with Crippen molar-refractivity contribution in [1.29, 1.82) is 0 Å². The van der Waals surface area contributed by atoms with Crippen molar-refractivity contribution in [1.82, 2.24) is 15.6 Å². The van der Waals surface area contributed by atoms with Gasteiger partial charge in [-0.2, -0.15) is 0 Å². The molecular weight excluding hydrogens is 254 g/mol. The van der Waals surface area contributed by atoms with E-state index in [-0.39, 0.29) is 5.91 Å². The highest BCUT2D eigenvalue weighted by Crippen LogP contribution is 2.05. The summed E-state index contributed by atoms with van der Waals surface area (Å²) in [7, 11) is 0. The Morgan fingerprint density at radius 2 is 2.30 bits per heavy atom. The number of hydrogen-bond acceptors (Lipinski definition) is 4. The Hall–Kier alpha value is -2.14. The van der Waals surface area contributed by atoms with Gasteiger partial charge in [-0.25, -0.2) is 0 Å². The molecule has 0 aliphatic rings. The quantitative estimate of drug-likeness (QED) is 0.756. The minimum Gasteiger partial charge on any atom is -0.469 e. The van der Waals surface area contributed by atoms with Gasteiger partial charge in [0.15, 0.2) is 0 Å². The molecular formula is C15H19N3O2. The fourth-order valence-corrected chi connectivity index (χ4v) is 1.82. The molecule has 0 aliphatic heterocycles. The molecule has 2 heterocycles. The number of amides is 1. The predicted molar refractivity (Wildman–Crippen MR) is 76.3 cm³/mol. The summed E-state index contributed by atoms with van der Waals surface area (Å²) in [4.78, 5) is 15.8. The highest BCUT2D eigenvalue weighted by molar-refractivity contribution is 5.93. The van der Waals surface area contributed by atoms with Crippen LogP contribution in [0.15, 0.2) is 41.3 Å². The van der Waals surface area contributed by atoms with Gasteiger partial charge < -0.3 is 15.1 Å². The van der Waals surface area contributed by atoms with E-state index < -0.39 is 0 Å². The van der Waals surface area contributed by atoms with Crippen molar-refractivity contribution < 1.29 is 9.21 Å². The van der Waals surface area contributed by atoms with Crippen LogP contribution in [0.2, 0.25) is 0 Å². The van der Waals surface area contributed by atoms with Crippen LogP contribution < -0.4 is 10.6 Å². The van der Waals surface area contributed by atoms with Crippen LogP contribution in [0.4, 0.5) is 0 Å². The van der Waals surface area contributed by atoms with Crippen LogP contribution in [0.5, 0.6) is 0 Å². The Bertz CT molecular complexity index is 537. The minimum absolute atomic E-state index is 0.0888. The summed E-state index contributed by atoms with van der Waals surface area (Å²) in [5, 5.41) is 6.17. The first kappa shape index (κ1) is 14.3. The summed E-state index contributed by atoms with van der Waals surface area (Å²) in [5.41, 5.74) is 1.73. The van der Waals surface area contributed by atoms with Crippen LogP contribution in [-0.4, -0.2) is 24.0 Å². The molecule has 2 N–H and O–H groups in total. The van der Waals surface area contributed by atoms with E-state index in [1.54, 1.807) is 12.3 Å². The molecule has 0 unspecified atom stereocenters. The maximum absolute atomic E-state index is 11.7. The molecule has 0 spiro atoms. The van der Waals surface area contributed by atoms with E-state index in [9.17, 15) is 4.79 Å². The van der Waals surface area contributed by atoms with Crippen molar-refractivity contribution >= 4 is 5.91 Å². The Morgan fingerprint density at radius 3 is 3.00 bits per heavy atom. The minimum atomic E-state index is -0.0888. The van der Waals surface area contributed by atoms with Crippen molar-refractivity contribution in [3.05, 3.63) is 53.7 Å². The van der Waals surface area contributed by atoms with Crippen molar-refractivity contribution in [3.8, 4) is 0 Å². The van der Waals surface area contributed by atoms with E-state index >= 15 is 0 Å². The molecule has 2 rings (SSSR count). The lowest BCUT2D eigenvalue weighted by Gasteiger charge is -2.05. The molecule has 0 saturated heterocycles. The lowest BCUT2D eigenvalue weighted by Crippen LogP contribution is -2.27. The van der Waals surface area contributed by atoms with E-state index in [1.165, 1.54) is 6.26 Å². The summed E-state index contributed by atoms with van der Waals surface area (Å²) in [6.45, 7) is 4.10. The molecule has 0 aliphatic carbocycles. The van der Waals surface area contributed by atoms with Gasteiger partial charge in [0.1, 0.15) is 12.0 Å². The van der Waals surface area contributed by atoms with Gasteiger partial charge in [0.05, 0.1) is 5.56 Å². The highest BCUT2D eigenvalue weighted by atomic mass is 16.3. The first-order valence-corrected chi connectivity index (χ1v) is 6.68. The van der Waals surface area contributed by atoms with E-state index in [2.05, 4.69) is 15.6 Å². The van der Waals surface area contributed by atoms with Crippen molar-refractivity contribution in [2.75, 3.05) is 13.1 Å². The molecule has 0 bridgehead atoms. The molecule has 0 atom stereocenters. The van der Waals surface area contributed by atoms with Crippen molar-refractivity contribution in [2.45, 2.75) is 19.9 Å². The average Bonchev–Trinajstić information content (AvgIpc) is 2.90. The number of hydrogen-bond donors (Lipinski definition) is 2. The number of nitrogens with zero attached hydrogens (tertiary/aromatic N) is 1. The second-order valence-corrected chi connectivity index (χ2v) is 4.59. The van der Waals surface area contributed by atoms with Gasteiger partial charge in [-0.15, -0.1) is 0 Å². The average molecular weight is 273 g/mol. The zero-order valence-corrected chi connectivity index (χ0v) is 11.6. The molecule has 106 valence electrons. The largest absolute Gasteiger partial charge is 0.469 e. The number of furan rings is 1. The first-order chi connectivity index (χ1) is 9.75. The van der Waals surface area contributed by atoms with Crippen LogP contribution in [0.1, 0.15) is 28.1 Å². The third-order valence-corrected chi connectivity index (χ3v) is 2.86. The van der Waals surface area contributed by atoms with Crippen LogP contribution in [0.3, 0.4) is 0 Å². The summed E-state index contributed by atoms with van der Waals surface area (Å²) < 4.78 is 5.10. The number of pyridine rings is 1. The van der Waals surface area contributed by atoms with Crippen LogP contribution in [0.25, 0.3) is 0 Å². The monoisotopic (exact) mass is 273 g/mol. The van der Waals surface area contributed by atoms with Gasteiger partial charge >= 0.3 is 0 Å². The summed E-state index contributed by atoms with van der Waals surface area (Å²) in [5.74, 6) is 0.655. The van der Waals surface area contributed by atoms with Gasteiger partial charge in [0.2, 0.25) is 0 Å². The molecule has 0 saturated carbocycles. The molecule has 0 radical (unpaired) electrons. The molecule has 20 heavy (non-hydrogen) atoms. The second kappa shape index (κ2) is 7.45. The van der Waals surface area contributed by atoms with Gasteiger partial charge in [-0.1, -0.05) is 6.07 Å². The lowest BCUT2D eigenvalue weighted by molar-refractivity contribution is 0.0952. The predicted octanol–water partition coefficient (Wildman–Crippen LogP) is 1.89. The third kappa shape index (κ3) is 4.51. The van der Waals surface area contributed by atoms with E-state index in [1.807, 2.05) is 25.3 Å². The molecule has 0 aromatic carbocycles. The normalized spacial score (nSPS) is 10.4. The number of carbonyl (C=O) groups is 1. The number of aromatic nitrogens is 1. The topological polar surface area (TPSA) is 67.2 Å². The van der Waals surface area contributed by atoms with Crippen LogP contribution in [0, 0.1) is 6.92 Å². The van der Waals surface area contributed by atoms with E-state index in [4.69, 9.17) is 4.42 Å². The van der Waals surface area contributed by atoms with Gasteiger partial charge in [-0.05, 0) is 37.6 Å². The molecule has 5 nitrogen and oxygen atoms in total. The molecule has 5 heteroatoms. The zero-order chi connectivity index (χ0) is 14.2. The van der Waals surface area contributed by atoms with E-state index in [0.717, 1.165) is 30.8 Å². The fraction of sp³-hybridized carbons (Fsp3) is 0.333. The molecule has 2 aromatic heterocycles. The van der Waals surface area contributed by atoms with Gasteiger partial charge in [-0.3, -0.25) is 9.78 Å². The standard InChI is InChI=1S/C15H19N3O2/c1-12-8-14(11-20-12)15(19)18-7-3-6-17-10-13-4-2-5-16-9-13/h2,4-5,8-9,11,17H,3,6-7,10H2,1H3,(H,18,19). The van der Waals surface area contributed by atoms with Crippen LogP contribution >= 0.6 is 0 Å². The van der Waals surface area contributed by atoms with Crippen molar-refractivity contribution in [3.63, 3.8) is 0 Å². The first-order valence-electron chi connectivity index (χ1n) is 6.68. The second-order valence-electron chi connectivity index (χ2n) is 4.59. The van der Waals surface area contributed by atoms with E-state index in [0.29, 0.717) is 12.1 Å². The fourth-order valence-electron chi connectivity index (χ4n) is 1.82. The Balaban J connectivity index is 1.57. The lowest BCUT2D eigenvalue weighted by atomic mass is 10.3. The number of nitrogens with one attached hydrogen (secondary N) is 2. The maximum atomic E-state index is 11.7. The summed E-state index contributed by atoms with van der Waals surface area (Å²) in [6, 6.07) is 5.68. The smallest absolute Gasteiger partial charge is 0.254 e. The SMILES string of the molecule is Cc1cc(C(=O)NCCCNCc2cccnc2)co1. The third-order valence-electron chi connectivity index (χ3n) is 2.86. The van der Waals surface area contributed by atoms with Gasteiger partial charge in [0.25, 0.3) is 5.91 Å². The molecule has 0 fully saturated rings. The molecule has 1 amide bonds. The number of rotatable bonds is 7. The zero-order valence-electron chi connectivity index (χ0n) is 11.6. The Morgan fingerprint density at radius 1 is 1.40 bits per heavy atom. The maximum Gasteiger partial charge on any atom is 0.254 e. The van der Waals surface area contributed by atoms with Crippen molar-refractivity contribution in [2.24, 2.45) is 0 Å². The van der Waals surface area contributed by atoms with Gasteiger partial charge in [0, 0.05) is 25.5 Å². The summed E-state index contributed by atoms with van der Waals surface area (Å²) in [6.07, 6.45) is 5.96. The molecule has 2 aromatic rings. The van der Waals surface area contributed by atoms with Crippen LogP contribution in [-0.2, 0) is 6.54 Å².